The number of rotatable bonds is 8. The monoisotopic (exact) mass is 524 g/mol. The van der Waals surface area contributed by atoms with Crippen LogP contribution in [0.1, 0.15) is 30.7 Å². The molecule has 2 fully saturated rings. The van der Waals surface area contributed by atoms with E-state index in [1.54, 1.807) is 12.1 Å². The molecule has 1 N–H and O–H groups in total. The number of benzene rings is 2. The second-order valence-corrected chi connectivity index (χ2v) is 9.38. The van der Waals surface area contributed by atoms with E-state index >= 15 is 8.78 Å². The Balaban J connectivity index is 1.63. The van der Waals surface area contributed by atoms with Gasteiger partial charge in [0, 0.05) is 55.3 Å². The molecule has 2 aliphatic rings. The number of nitrogens with one attached hydrogen (secondary N) is 1. The van der Waals surface area contributed by atoms with Gasteiger partial charge in [-0.3, -0.25) is 0 Å². The van der Waals surface area contributed by atoms with Crippen LogP contribution in [0.5, 0.6) is 6.01 Å². The van der Waals surface area contributed by atoms with Crippen molar-refractivity contribution in [3.05, 3.63) is 59.3 Å². The lowest BCUT2D eigenvalue weighted by molar-refractivity contribution is 0.303. The van der Waals surface area contributed by atoms with E-state index in [1.165, 1.54) is 12.3 Å². The Kier molecular flexibility index (Phi) is 7.43. The molecule has 0 radical (unpaired) electrons. The Hall–Kier alpha value is -3.43. The summed E-state index contributed by atoms with van der Waals surface area (Å²) < 4.78 is 37.3. The van der Waals surface area contributed by atoms with Crippen LogP contribution in [-0.4, -0.2) is 55.3 Å². The van der Waals surface area contributed by atoms with Gasteiger partial charge in [0.15, 0.2) is 5.82 Å². The molecule has 1 saturated carbocycles. The molecule has 0 bridgehead atoms. The van der Waals surface area contributed by atoms with Crippen LogP contribution in [0, 0.1) is 11.6 Å². The molecule has 2 aromatic carbocycles. The predicted octanol–water partition coefficient (Wildman–Crippen LogP) is 5.53. The van der Waals surface area contributed by atoms with Crippen LogP contribution in [0.4, 0.5) is 14.6 Å². The first kappa shape index (κ1) is 25.2. The quantitative estimate of drug-likeness (QED) is 0.310. The van der Waals surface area contributed by atoms with Gasteiger partial charge in [0.1, 0.15) is 23.0 Å². The SMILES string of the molecule is C=CN=C(CCOc1nc(N2CCNCC2)c2cc(Cl)c(-c3c(F)cccc3C3CC3)c(F)c2n1)N=C. The molecule has 1 saturated heterocycles. The van der Waals surface area contributed by atoms with Crippen molar-refractivity contribution in [1.82, 2.24) is 15.3 Å². The van der Waals surface area contributed by atoms with Crippen LogP contribution >= 0.6 is 11.6 Å². The average molecular weight is 525 g/mol. The van der Waals surface area contributed by atoms with Crippen LogP contribution in [0.25, 0.3) is 22.0 Å². The maximum atomic E-state index is 16.3. The Morgan fingerprint density at radius 2 is 2.00 bits per heavy atom. The standard InChI is InChI=1S/C27H27ClF2N6O/c1-3-33-21(31-2)9-14-37-27-34-25-18(26(35-27)36-12-10-32-11-13-36)15-19(28)23(24(25)30)22-17(16-7-8-16)5-4-6-20(22)29/h3-6,15-16,32H,1-2,7-14H2. The molecule has 1 aliphatic carbocycles. The summed E-state index contributed by atoms with van der Waals surface area (Å²) in [5.41, 5.74) is 1.01. The number of nitrogens with zero attached hydrogens (tertiary/aromatic N) is 5. The van der Waals surface area contributed by atoms with Crippen molar-refractivity contribution in [3.63, 3.8) is 0 Å². The number of piperazine rings is 1. The highest BCUT2D eigenvalue weighted by molar-refractivity contribution is 6.34. The minimum atomic E-state index is -0.695. The maximum Gasteiger partial charge on any atom is 0.319 e. The van der Waals surface area contributed by atoms with Gasteiger partial charge in [-0.15, -0.1) is 0 Å². The van der Waals surface area contributed by atoms with Gasteiger partial charge >= 0.3 is 6.01 Å². The molecule has 0 amide bonds. The second-order valence-electron chi connectivity index (χ2n) is 8.97. The number of hydrogen-bond donors (Lipinski definition) is 1. The molecule has 0 unspecified atom stereocenters. The number of hydrogen-bond acceptors (Lipinski definition) is 6. The van der Waals surface area contributed by atoms with Gasteiger partial charge in [-0.2, -0.15) is 9.97 Å². The fourth-order valence-corrected chi connectivity index (χ4v) is 4.92. The van der Waals surface area contributed by atoms with Crippen molar-refractivity contribution in [3.8, 4) is 17.1 Å². The Labute approximate surface area is 219 Å². The van der Waals surface area contributed by atoms with E-state index < -0.39 is 11.6 Å². The van der Waals surface area contributed by atoms with E-state index in [0.717, 1.165) is 31.5 Å². The summed E-state index contributed by atoms with van der Waals surface area (Å²) in [5, 5.41) is 3.87. The third kappa shape index (κ3) is 5.19. The summed E-state index contributed by atoms with van der Waals surface area (Å²) in [7, 11) is 0. The summed E-state index contributed by atoms with van der Waals surface area (Å²) in [6, 6.07) is 6.46. The topological polar surface area (TPSA) is 75.0 Å². The van der Waals surface area contributed by atoms with Crippen molar-refractivity contribution < 1.29 is 13.5 Å². The van der Waals surface area contributed by atoms with Gasteiger partial charge in [0.25, 0.3) is 0 Å². The van der Waals surface area contributed by atoms with E-state index in [0.29, 0.717) is 36.6 Å². The molecule has 37 heavy (non-hydrogen) atoms. The summed E-state index contributed by atoms with van der Waals surface area (Å²) in [4.78, 5) is 18.9. The van der Waals surface area contributed by atoms with Crippen LogP contribution in [0.3, 0.4) is 0 Å². The normalized spacial score (nSPS) is 16.2. The molecule has 2 heterocycles. The summed E-state index contributed by atoms with van der Waals surface area (Å²) in [5.74, 6) is -0.0391. The largest absolute Gasteiger partial charge is 0.463 e. The highest BCUT2D eigenvalue weighted by atomic mass is 35.5. The Morgan fingerprint density at radius 1 is 1.22 bits per heavy atom. The number of fused-ring (bicyclic) bond motifs is 1. The Morgan fingerprint density at radius 3 is 2.70 bits per heavy atom. The molecule has 1 aromatic heterocycles. The number of ether oxygens (including phenoxy) is 1. The Bertz CT molecular complexity index is 1390. The smallest absolute Gasteiger partial charge is 0.319 e. The van der Waals surface area contributed by atoms with E-state index in [2.05, 4.69) is 38.6 Å². The van der Waals surface area contributed by atoms with E-state index in [-0.39, 0.29) is 40.2 Å². The third-order valence-electron chi connectivity index (χ3n) is 6.55. The predicted molar refractivity (Wildman–Crippen MR) is 144 cm³/mol. The van der Waals surface area contributed by atoms with Gasteiger partial charge in [-0.25, -0.2) is 18.8 Å². The number of halogens is 3. The highest BCUT2D eigenvalue weighted by Gasteiger charge is 2.31. The molecular formula is C27H27ClF2N6O. The van der Waals surface area contributed by atoms with Crippen molar-refractivity contribution in [2.24, 2.45) is 9.98 Å². The average Bonchev–Trinajstić information content (AvgIpc) is 3.75. The zero-order valence-electron chi connectivity index (χ0n) is 20.3. The molecule has 3 aromatic rings. The van der Waals surface area contributed by atoms with E-state index in [9.17, 15) is 0 Å². The minimum Gasteiger partial charge on any atom is -0.463 e. The van der Waals surface area contributed by atoms with Crippen LogP contribution in [-0.2, 0) is 0 Å². The van der Waals surface area contributed by atoms with Crippen LogP contribution in [0.15, 0.2) is 47.0 Å². The minimum absolute atomic E-state index is 0.00571. The molecule has 0 atom stereocenters. The zero-order valence-corrected chi connectivity index (χ0v) is 21.1. The van der Waals surface area contributed by atoms with Crippen molar-refractivity contribution >= 4 is 40.9 Å². The molecule has 192 valence electrons. The van der Waals surface area contributed by atoms with Gasteiger partial charge in [0.05, 0.1) is 11.6 Å². The first-order chi connectivity index (χ1) is 18.0. The maximum absolute atomic E-state index is 16.3. The lowest BCUT2D eigenvalue weighted by Gasteiger charge is -2.29. The zero-order chi connectivity index (χ0) is 25.9. The summed E-state index contributed by atoms with van der Waals surface area (Å²) in [6.07, 6.45) is 3.59. The fourth-order valence-electron chi connectivity index (χ4n) is 4.63. The van der Waals surface area contributed by atoms with Gasteiger partial charge in [0.2, 0.25) is 0 Å². The third-order valence-corrected chi connectivity index (χ3v) is 6.85. The van der Waals surface area contributed by atoms with E-state index in [1.807, 2.05) is 11.0 Å². The van der Waals surface area contributed by atoms with Gasteiger partial charge < -0.3 is 15.0 Å². The lowest BCUT2D eigenvalue weighted by atomic mass is 9.94. The highest BCUT2D eigenvalue weighted by Crippen LogP contribution is 2.48. The summed E-state index contributed by atoms with van der Waals surface area (Å²) >= 11 is 6.66. The molecule has 7 nitrogen and oxygen atoms in total. The first-order valence-corrected chi connectivity index (χ1v) is 12.6. The number of anilines is 1. The lowest BCUT2D eigenvalue weighted by Crippen LogP contribution is -2.44. The van der Waals surface area contributed by atoms with Crippen LogP contribution in [0.2, 0.25) is 5.02 Å². The van der Waals surface area contributed by atoms with Crippen molar-refractivity contribution in [2.75, 3.05) is 37.7 Å². The molecular weight excluding hydrogens is 498 g/mol. The van der Waals surface area contributed by atoms with Crippen LogP contribution < -0.4 is 15.0 Å². The molecule has 10 heteroatoms. The number of aromatic nitrogens is 2. The summed E-state index contributed by atoms with van der Waals surface area (Å²) in [6.45, 7) is 10.0. The number of amidine groups is 1. The molecule has 0 spiro atoms. The van der Waals surface area contributed by atoms with E-state index in [4.69, 9.17) is 16.3 Å². The number of aliphatic imine (C=N–C) groups is 2. The first-order valence-electron chi connectivity index (χ1n) is 12.2. The van der Waals surface area contributed by atoms with Gasteiger partial charge in [-0.05, 0) is 43.2 Å². The van der Waals surface area contributed by atoms with Gasteiger partial charge in [-0.1, -0.05) is 30.3 Å². The molecule has 5 rings (SSSR count). The second kappa shape index (κ2) is 10.9. The molecule has 1 aliphatic heterocycles. The van der Waals surface area contributed by atoms with Crippen molar-refractivity contribution in [2.45, 2.75) is 25.2 Å². The fraction of sp³-hybridized carbons (Fsp3) is 0.333. The van der Waals surface area contributed by atoms with Crippen molar-refractivity contribution in [1.29, 1.82) is 0 Å².